The number of nitrogens with zero attached hydrogens (tertiary/aromatic N) is 2. The minimum atomic E-state index is -1.82. The fraction of sp³-hybridized carbons (Fsp3) is 0.500. The molecular formula is C16H22N2O8. The highest BCUT2D eigenvalue weighted by Crippen LogP contribution is 2.27. The number of benzene rings is 1. The summed E-state index contributed by atoms with van der Waals surface area (Å²) in [6.45, 7) is 6.71. The van der Waals surface area contributed by atoms with Gasteiger partial charge in [0, 0.05) is 25.7 Å². The number of hydrogen-bond acceptors (Lipinski definition) is 7. The summed E-state index contributed by atoms with van der Waals surface area (Å²) in [4.78, 5) is 31.1. The maximum atomic E-state index is 11.0. The number of aryl methyl sites for hydroxylation is 1. The lowest BCUT2D eigenvalue weighted by molar-refractivity contribution is -0.385. The zero-order valence-electron chi connectivity index (χ0n) is 14.4. The van der Waals surface area contributed by atoms with Gasteiger partial charge in [0.1, 0.15) is 0 Å². The standard InChI is InChI=1S/C14H20N2O4.C2H2O4/c1-12-3-4-14(13(11-12)16(17)18)20-8-2-5-15-6-9-19-10-7-15;3-1(4)2(5)6/h3-4,11H,2,5-10H2,1H3;(H,3,4)(H,5,6). The first-order chi connectivity index (χ1) is 12.3. The van der Waals surface area contributed by atoms with E-state index in [9.17, 15) is 10.1 Å². The molecule has 144 valence electrons. The van der Waals surface area contributed by atoms with Crippen LogP contribution in [0.5, 0.6) is 5.75 Å². The highest BCUT2D eigenvalue weighted by atomic mass is 16.6. The second-order valence-corrected chi connectivity index (χ2v) is 5.49. The fourth-order valence-electron chi connectivity index (χ4n) is 2.19. The van der Waals surface area contributed by atoms with E-state index in [1.807, 2.05) is 13.0 Å². The van der Waals surface area contributed by atoms with Crippen LogP contribution in [0.25, 0.3) is 0 Å². The summed E-state index contributed by atoms with van der Waals surface area (Å²) in [5, 5.41) is 25.7. The number of hydrogen-bond donors (Lipinski definition) is 2. The third-order valence-electron chi connectivity index (χ3n) is 3.47. The zero-order chi connectivity index (χ0) is 19.5. The molecule has 0 aromatic heterocycles. The SMILES string of the molecule is Cc1ccc(OCCCN2CCOCC2)c([N+](=O)[O-])c1.O=C(O)C(=O)O. The molecule has 1 fully saturated rings. The number of morpholine rings is 1. The first-order valence-electron chi connectivity index (χ1n) is 7.95. The molecule has 1 saturated heterocycles. The average molecular weight is 370 g/mol. The molecular weight excluding hydrogens is 348 g/mol. The Kier molecular flexibility index (Phi) is 9.02. The number of nitro benzene ring substituents is 1. The van der Waals surface area contributed by atoms with Crippen molar-refractivity contribution in [2.45, 2.75) is 13.3 Å². The molecule has 0 bridgehead atoms. The lowest BCUT2D eigenvalue weighted by Gasteiger charge is -2.26. The van der Waals surface area contributed by atoms with E-state index in [2.05, 4.69) is 4.90 Å². The molecule has 0 unspecified atom stereocenters. The summed E-state index contributed by atoms with van der Waals surface area (Å²) >= 11 is 0. The van der Waals surface area contributed by atoms with Gasteiger partial charge in [0.25, 0.3) is 0 Å². The fourth-order valence-corrected chi connectivity index (χ4v) is 2.19. The first kappa shape index (κ1) is 21.3. The third kappa shape index (κ3) is 7.90. The summed E-state index contributed by atoms with van der Waals surface area (Å²) in [5.74, 6) is -3.30. The minimum Gasteiger partial charge on any atom is -0.487 e. The van der Waals surface area contributed by atoms with E-state index in [1.54, 1.807) is 6.07 Å². The molecule has 1 heterocycles. The molecule has 0 atom stereocenters. The van der Waals surface area contributed by atoms with Gasteiger partial charge in [0.15, 0.2) is 5.75 Å². The molecule has 10 heteroatoms. The lowest BCUT2D eigenvalue weighted by Crippen LogP contribution is -2.37. The van der Waals surface area contributed by atoms with Crippen LogP contribution < -0.4 is 4.74 Å². The minimum absolute atomic E-state index is 0.0383. The van der Waals surface area contributed by atoms with Crippen molar-refractivity contribution in [1.82, 2.24) is 4.90 Å². The summed E-state index contributed by atoms with van der Waals surface area (Å²) in [6.07, 6.45) is 0.852. The Balaban J connectivity index is 0.000000487. The maximum Gasteiger partial charge on any atom is 0.414 e. The predicted octanol–water partition coefficient (Wildman–Crippen LogP) is 1.16. The topological polar surface area (TPSA) is 139 Å². The van der Waals surface area contributed by atoms with Crippen LogP contribution in [0, 0.1) is 17.0 Å². The molecule has 0 radical (unpaired) electrons. The lowest BCUT2D eigenvalue weighted by atomic mass is 10.2. The number of carboxylic acids is 2. The molecule has 1 aliphatic rings. The summed E-state index contributed by atoms with van der Waals surface area (Å²) < 4.78 is 10.8. The molecule has 1 aromatic rings. The van der Waals surface area contributed by atoms with Crippen LogP contribution in [0.1, 0.15) is 12.0 Å². The van der Waals surface area contributed by atoms with Gasteiger partial charge in [-0.3, -0.25) is 15.0 Å². The number of nitro groups is 1. The quantitative estimate of drug-likeness (QED) is 0.327. The van der Waals surface area contributed by atoms with Crippen molar-refractivity contribution in [3.63, 3.8) is 0 Å². The normalized spacial score (nSPS) is 14.0. The molecule has 1 aliphatic heterocycles. The van der Waals surface area contributed by atoms with Gasteiger partial charge in [-0.1, -0.05) is 6.07 Å². The summed E-state index contributed by atoms with van der Waals surface area (Å²) in [6, 6.07) is 5.03. The van der Waals surface area contributed by atoms with Crippen LogP contribution in [0.4, 0.5) is 5.69 Å². The Labute approximate surface area is 150 Å². The van der Waals surface area contributed by atoms with Gasteiger partial charge in [0.05, 0.1) is 24.7 Å². The second kappa shape index (κ2) is 11.0. The van der Waals surface area contributed by atoms with E-state index >= 15 is 0 Å². The van der Waals surface area contributed by atoms with Gasteiger partial charge in [0.2, 0.25) is 0 Å². The van der Waals surface area contributed by atoms with Crippen LogP contribution in [0.15, 0.2) is 18.2 Å². The molecule has 0 saturated carbocycles. The van der Waals surface area contributed by atoms with Crippen molar-refractivity contribution in [3.05, 3.63) is 33.9 Å². The number of rotatable bonds is 6. The Hall–Kier alpha value is -2.72. The van der Waals surface area contributed by atoms with E-state index in [0.717, 1.165) is 44.8 Å². The van der Waals surface area contributed by atoms with Gasteiger partial charge >= 0.3 is 17.6 Å². The smallest absolute Gasteiger partial charge is 0.414 e. The number of aliphatic carboxylic acids is 2. The van der Waals surface area contributed by atoms with Crippen molar-refractivity contribution in [1.29, 1.82) is 0 Å². The van der Waals surface area contributed by atoms with Crippen LogP contribution in [-0.2, 0) is 14.3 Å². The molecule has 2 N–H and O–H groups in total. The molecule has 26 heavy (non-hydrogen) atoms. The highest BCUT2D eigenvalue weighted by Gasteiger charge is 2.15. The molecule has 10 nitrogen and oxygen atoms in total. The van der Waals surface area contributed by atoms with Crippen LogP contribution in [0.3, 0.4) is 0 Å². The van der Waals surface area contributed by atoms with Crippen molar-refractivity contribution in [2.24, 2.45) is 0 Å². The molecule has 2 rings (SSSR count). The Morgan fingerprint density at radius 1 is 1.27 bits per heavy atom. The van der Waals surface area contributed by atoms with E-state index in [0.29, 0.717) is 12.4 Å². The number of carboxylic acid groups (broad SMARTS) is 2. The third-order valence-corrected chi connectivity index (χ3v) is 3.47. The van der Waals surface area contributed by atoms with E-state index < -0.39 is 16.9 Å². The second-order valence-electron chi connectivity index (χ2n) is 5.49. The number of ether oxygens (including phenoxy) is 2. The first-order valence-corrected chi connectivity index (χ1v) is 7.95. The Bertz CT molecular complexity index is 617. The summed E-state index contributed by atoms with van der Waals surface area (Å²) in [7, 11) is 0. The molecule has 0 amide bonds. The monoisotopic (exact) mass is 370 g/mol. The van der Waals surface area contributed by atoms with Crippen LogP contribution in [-0.4, -0.2) is 71.4 Å². The van der Waals surface area contributed by atoms with Gasteiger partial charge in [-0.05, 0) is 25.0 Å². The van der Waals surface area contributed by atoms with Crippen LogP contribution in [0.2, 0.25) is 0 Å². The molecule has 1 aromatic carbocycles. The van der Waals surface area contributed by atoms with E-state index in [-0.39, 0.29) is 5.69 Å². The molecule has 0 aliphatic carbocycles. The van der Waals surface area contributed by atoms with E-state index in [1.165, 1.54) is 6.07 Å². The Morgan fingerprint density at radius 3 is 2.42 bits per heavy atom. The van der Waals surface area contributed by atoms with Gasteiger partial charge < -0.3 is 19.7 Å². The van der Waals surface area contributed by atoms with Crippen molar-refractivity contribution >= 4 is 17.6 Å². The van der Waals surface area contributed by atoms with Gasteiger partial charge in [-0.2, -0.15) is 0 Å². The maximum absolute atomic E-state index is 11.0. The van der Waals surface area contributed by atoms with Gasteiger partial charge in [-0.25, -0.2) is 9.59 Å². The van der Waals surface area contributed by atoms with E-state index in [4.69, 9.17) is 29.3 Å². The van der Waals surface area contributed by atoms with Crippen LogP contribution >= 0.6 is 0 Å². The average Bonchev–Trinajstić information content (AvgIpc) is 2.61. The van der Waals surface area contributed by atoms with Crippen molar-refractivity contribution in [3.8, 4) is 5.75 Å². The highest BCUT2D eigenvalue weighted by molar-refractivity contribution is 6.27. The van der Waals surface area contributed by atoms with Gasteiger partial charge in [-0.15, -0.1) is 0 Å². The predicted molar refractivity (Wildman–Crippen MR) is 90.5 cm³/mol. The molecule has 0 spiro atoms. The van der Waals surface area contributed by atoms with Crippen molar-refractivity contribution < 1.29 is 34.2 Å². The summed E-state index contributed by atoms with van der Waals surface area (Å²) in [5.41, 5.74) is 0.897. The van der Waals surface area contributed by atoms with Crippen molar-refractivity contribution in [2.75, 3.05) is 39.5 Å². The Morgan fingerprint density at radius 2 is 1.88 bits per heavy atom. The number of carbonyl (C=O) groups is 2. The largest absolute Gasteiger partial charge is 0.487 e. The zero-order valence-corrected chi connectivity index (χ0v) is 14.4.